The summed E-state index contributed by atoms with van der Waals surface area (Å²) in [6.45, 7) is 6.27. The zero-order valence-corrected chi connectivity index (χ0v) is 13.7. The third kappa shape index (κ3) is 4.61. The average Bonchev–Trinajstić information content (AvgIpc) is 2.44. The number of hydrogen-bond acceptors (Lipinski definition) is 3. The molecule has 4 heteroatoms. The molecule has 20 heavy (non-hydrogen) atoms. The first-order chi connectivity index (χ1) is 9.40. The van der Waals surface area contributed by atoms with E-state index in [1.165, 1.54) is 18.7 Å². The first kappa shape index (κ1) is 16.7. The van der Waals surface area contributed by atoms with Gasteiger partial charge >= 0.3 is 5.97 Å². The van der Waals surface area contributed by atoms with E-state index in [2.05, 4.69) is 25.2 Å². The van der Waals surface area contributed by atoms with Gasteiger partial charge in [-0.1, -0.05) is 55.9 Å². The molecule has 1 atom stereocenters. The molecule has 0 spiro atoms. The minimum atomic E-state index is -1.93. The molecular weight excluding hydrogens is 268 g/mol. The summed E-state index contributed by atoms with van der Waals surface area (Å²) in [5.74, 6) is -0.388. The van der Waals surface area contributed by atoms with Crippen LogP contribution in [0.25, 0.3) is 0 Å². The van der Waals surface area contributed by atoms with Crippen molar-refractivity contribution in [3.8, 4) is 0 Å². The lowest BCUT2D eigenvalue weighted by Crippen LogP contribution is -2.39. The van der Waals surface area contributed by atoms with Gasteiger partial charge in [0.15, 0.2) is 0 Å². The highest BCUT2D eigenvalue weighted by molar-refractivity contribution is 6.84. The zero-order valence-electron chi connectivity index (χ0n) is 12.7. The summed E-state index contributed by atoms with van der Waals surface area (Å²) in [6.07, 6.45) is 1.52. The van der Waals surface area contributed by atoms with E-state index in [1.807, 2.05) is 25.1 Å². The molecule has 3 nitrogen and oxygen atoms in total. The van der Waals surface area contributed by atoms with Gasteiger partial charge in [0.2, 0.25) is 0 Å². The third-order valence-corrected chi connectivity index (χ3v) is 6.82. The van der Waals surface area contributed by atoms with Gasteiger partial charge in [-0.2, -0.15) is 0 Å². The van der Waals surface area contributed by atoms with Crippen LogP contribution in [-0.2, 0) is 15.6 Å². The second kappa shape index (κ2) is 7.41. The molecule has 0 aromatic heterocycles. The number of carbonyl (C=O) groups is 1. The van der Waals surface area contributed by atoms with Crippen molar-refractivity contribution >= 4 is 14.0 Å². The molecule has 0 bridgehead atoms. The lowest BCUT2D eigenvalue weighted by Gasteiger charge is -2.29. The highest BCUT2D eigenvalue weighted by atomic mass is 28.3. The first-order valence-corrected chi connectivity index (χ1v) is 10.1. The molecule has 1 unspecified atom stereocenters. The second-order valence-electron chi connectivity index (χ2n) is 5.59. The van der Waals surface area contributed by atoms with Crippen LogP contribution in [0, 0.1) is 0 Å². The monoisotopic (exact) mass is 292 g/mol. The van der Waals surface area contributed by atoms with E-state index < -0.39 is 14.2 Å². The normalized spacial score (nSPS) is 13.9. The van der Waals surface area contributed by atoms with Crippen LogP contribution < -0.4 is 0 Å². The van der Waals surface area contributed by atoms with Gasteiger partial charge in [-0.15, -0.1) is 0 Å². The highest BCUT2D eigenvalue weighted by Gasteiger charge is 2.31. The topological polar surface area (TPSA) is 46.5 Å². The molecule has 1 rings (SSSR count). The summed E-state index contributed by atoms with van der Waals surface area (Å²) < 4.78 is 4.72. The molecule has 0 saturated heterocycles. The van der Waals surface area contributed by atoms with Crippen LogP contribution in [0.15, 0.2) is 41.6 Å². The Morgan fingerprint density at radius 1 is 1.35 bits per heavy atom. The van der Waals surface area contributed by atoms with Crippen LogP contribution >= 0.6 is 0 Å². The maximum absolute atomic E-state index is 11.6. The molecule has 1 N–H and O–H groups in total. The molecule has 0 fully saturated rings. The molecule has 0 aliphatic rings. The summed E-state index contributed by atoms with van der Waals surface area (Å²) in [6, 6.07) is 11.1. The van der Waals surface area contributed by atoms with Crippen molar-refractivity contribution in [3.63, 3.8) is 0 Å². The van der Waals surface area contributed by atoms with E-state index in [9.17, 15) is 9.90 Å². The SMILES string of the molecule is CCC(O)/C(=C/C(=O)OC)[Si](C)(C)Cc1ccccc1. The van der Waals surface area contributed by atoms with E-state index in [-0.39, 0.29) is 5.97 Å². The molecule has 0 saturated carbocycles. The Kier molecular flexibility index (Phi) is 6.17. The van der Waals surface area contributed by atoms with Crippen LogP contribution in [0.5, 0.6) is 0 Å². The Labute approximate surface area is 122 Å². The minimum absolute atomic E-state index is 0.388. The molecule has 1 aromatic rings. The maximum Gasteiger partial charge on any atom is 0.330 e. The fourth-order valence-corrected chi connectivity index (χ4v) is 5.43. The lowest BCUT2D eigenvalue weighted by molar-refractivity contribution is -0.134. The van der Waals surface area contributed by atoms with Crippen molar-refractivity contribution in [2.45, 2.75) is 38.6 Å². The van der Waals surface area contributed by atoms with Gasteiger partial charge in [0.1, 0.15) is 0 Å². The summed E-state index contributed by atoms with van der Waals surface area (Å²) in [7, 11) is -0.565. The van der Waals surface area contributed by atoms with E-state index in [4.69, 9.17) is 4.74 Å². The summed E-state index contributed by atoms with van der Waals surface area (Å²) in [5, 5.41) is 11.1. The number of aliphatic hydroxyl groups is 1. The minimum Gasteiger partial charge on any atom is -0.466 e. The van der Waals surface area contributed by atoms with E-state index in [1.54, 1.807) is 0 Å². The van der Waals surface area contributed by atoms with Crippen molar-refractivity contribution in [2.24, 2.45) is 0 Å². The van der Waals surface area contributed by atoms with E-state index >= 15 is 0 Å². The van der Waals surface area contributed by atoms with Crippen molar-refractivity contribution in [1.82, 2.24) is 0 Å². The van der Waals surface area contributed by atoms with Gasteiger partial charge in [0.25, 0.3) is 0 Å². The van der Waals surface area contributed by atoms with E-state index in [0.717, 1.165) is 11.2 Å². The number of benzene rings is 1. The second-order valence-corrected chi connectivity index (χ2v) is 10.3. The molecule has 110 valence electrons. The molecule has 0 aliphatic carbocycles. The molecule has 0 amide bonds. The van der Waals surface area contributed by atoms with Crippen molar-refractivity contribution in [1.29, 1.82) is 0 Å². The Hall–Kier alpha value is -1.39. The number of esters is 1. The van der Waals surface area contributed by atoms with Crippen LogP contribution in [0.3, 0.4) is 0 Å². The van der Waals surface area contributed by atoms with Crippen molar-refractivity contribution < 1.29 is 14.6 Å². The summed E-state index contributed by atoms with van der Waals surface area (Å²) in [5.41, 5.74) is 1.24. The summed E-state index contributed by atoms with van der Waals surface area (Å²) >= 11 is 0. The predicted molar refractivity (Wildman–Crippen MR) is 84.0 cm³/mol. The molecule has 0 aliphatic heterocycles. The van der Waals surface area contributed by atoms with E-state index in [0.29, 0.717) is 6.42 Å². The van der Waals surface area contributed by atoms with Crippen LogP contribution in [0.4, 0.5) is 0 Å². The fourth-order valence-electron chi connectivity index (χ4n) is 2.36. The summed E-state index contributed by atoms with van der Waals surface area (Å²) in [4.78, 5) is 11.6. The number of hydrogen-bond donors (Lipinski definition) is 1. The predicted octanol–water partition coefficient (Wildman–Crippen LogP) is 2.89. The largest absolute Gasteiger partial charge is 0.466 e. The third-order valence-electron chi connectivity index (χ3n) is 3.49. The van der Waals surface area contributed by atoms with Gasteiger partial charge in [-0.05, 0) is 17.7 Å². The van der Waals surface area contributed by atoms with Gasteiger partial charge in [-0.3, -0.25) is 0 Å². The number of ether oxygens (including phenoxy) is 1. The zero-order chi connectivity index (χ0) is 15.2. The Balaban J connectivity index is 3.04. The average molecular weight is 292 g/mol. The Morgan fingerprint density at radius 2 is 1.95 bits per heavy atom. The highest BCUT2D eigenvalue weighted by Crippen LogP contribution is 2.24. The smallest absolute Gasteiger partial charge is 0.330 e. The van der Waals surface area contributed by atoms with Crippen LogP contribution in [0.1, 0.15) is 18.9 Å². The van der Waals surface area contributed by atoms with Crippen LogP contribution in [-0.4, -0.2) is 32.4 Å². The molecule has 0 heterocycles. The Morgan fingerprint density at radius 3 is 2.45 bits per heavy atom. The van der Waals surface area contributed by atoms with Gasteiger partial charge in [-0.25, -0.2) is 4.79 Å². The Bertz CT molecular complexity index is 466. The van der Waals surface area contributed by atoms with Gasteiger partial charge in [0.05, 0.1) is 21.3 Å². The van der Waals surface area contributed by atoms with Gasteiger partial charge in [0, 0.05) is 6.08 Å². The number of aliphatic hydroxyl groups excluding tert-OH is 1. The standard InChI is InChI=1S/C16H24O3Si/c1-5-14(17)15(11-16(18)19-2)20(3,4)12-13-9-7-6-8-10-13/h6-11,14,17H,5,12H2,1-4H3/b15-11-. The lowest BCUT2D eigenvalue weighted by atomic mass is 10.2. The number of methoxy groups -OCH3 is 1. The molecule has 1 aromatic carbocycles. The van der Waals surface area contributed by atoms with Crippen LogP contribution in [0.2, 0.25) is 13.1 Å². The van der Waals surface area contributed by atoms with Crippen molar-refractivity contribution in [3.05, 3.63) is 47.2 Å². The molecular formula is C16H24O3Si. The quantitative estimate of drug-likeness (QED) is 0.498. The number of rotatable bonds is 6. The molecule has 0 radical (unpaired) electrons. The first-order valence-electron chi connectivity index (χ1n) is 6.92. The number of carbonyl (C=O) groups excluding carboxylic acids is 1. The van der Waals surface area contributed by atoms with Crippen molar-refractivity contribution in [2.75, 3.05) is 7.11 Å². The fraction of sp³-hybridized carbons (Fsp3) is 0.438. The maximum atomic E-state index is 11.6. The van der Waals surface area contributed by atoms with Gasteiger partial charge < -0.3 is 9.84 Å².